The lowest BCUT2D eigenvalue weighted by molar-refractivity contribution is 1.17. The molecule has 1 N–H and O–H groups in total. The Bertz CT molecular complexity index is 489. The van der Waals surface area contributed by atoms with E-state index in [1.807, 2.05) is 24.3 Å². The molecule has 0 amide bonds. The van der Waals surface area contributed by atoms with Crippen LogP contribution in [0.3, 0.4) is 0 Å². The summed E-state index contributed by atoms with van der Waals surface area (Å²) >= 11 is 0. The van der Waals surface area contributed by atoms with E-state index in [0.717, 1.165) is 28.8 Å². The molecular weight excluding hydrogens is 184 g/mol. The SMILES string of the molecule is C=Cc1ccc2nc(NCC)ccc2c1. The van der Waals surface area contributed by atoms with Crippen LogP contribution in [-0.2, 0) is 0 Å². The molecule has 0 aliphatic rings. The van der Waals surface area contributed by atoms with Crippen LogP contribution in [0.15, 0.2) is 36.9 Å². The first-order chi connectivity index (χ1) is 7.33. The van der Waals surface area contributed by atoms with E-state index in [1.165, 1.54) is 0 Å². The lowest BCUT2D eigenvalue weighted by atomic mass is 10.1. The summed E-state index contributed by atoms with van der Waals surface area (Å²) < 4.78 is 0. The fraction of sp³-hybridized carbons (Fsp3) is 0.154. The first-order valence-corrected chi connectivity index (χ1v) is 5.10. The number of aromatic nitrogens is 1. The largest absolute Gasteiger partial charge is 0.370 e. The smallest absolute Gasteiger partial charge is 0.126 e. The first kappa shape index (κ1) is 9.71. The number of anilines is 1. The molecule has 2 aromatic rings. The molecule has 0 radical (unpaired) electrons. The molecule has 0 saturated carbocycles. The summed E-state index contributed by atoms with van der Waals surface area (Å²) in [4.78, 5) is 4.49. The zero-order chi connectivity index (χ0) is 10.7. The zero-order valence-corrected chi connectivity index (χ0v) is 8.83. The van der Waals surface area contributed by atoms with Crippen molar-refractivity contribution in [3.63, 3.8) is 0 Å². The zero-order valence-electron chi connectivity index (χ0n) is 8.83. The average molecular weight is 198 g/mol. The van der Waals surface area contributed by atoms with Gasteiger partial charge in [0.2, 0.25) is 0 Å². The second-order valence-electron chi connectivity index (χ2n) is 3.38. The van der Waals surface area contributed by atoms with Crippen LogP contribution in [0.25, 0.3) is 17.0 Å². The van der Waals surface area contributed by atoms with Crippen molar-refractivity contribution in [1.82, 2.24) is 4.98 Å². The van der Waals surface area contributed by atoms with Crippen LogP contribution in [0.5, 0.6) is 0 Å². The van der Waals surface area contributed by atoms with Gasteiger partial charge >= 0.3 is 0 Å². The van der Waals surface area contributed by atoms with Crippen molar-refractivity contribution in [3.05, 3.63) is 42.5 Å². The summed E-state index contributed by atoms with van der Waals surface area (Å²) in [5.41, 5.74) is 2.14. The normalized spacial score (nSPS) is 10.2. The minimum atomic E-state index is 0.892. The molecule has 0 aliphatic carbocycles. The van der Waals surface area contributed by atoms with Crippen molar-refractivity contribution in [2.45, 2.75) is 6.92 Å². The number of nitrogens with zero attached hydrogens (tertiary/aromatic N) is 1. The molecule has 2 heteroatoms. The fourth-order valence-corrected chi connectivity index (χ4v) is 1.55. The second kappa shape index (κ2) is 4.13. The number of pyridine rings is 1. The molecule has 76 valence electrons. The van der Waals surface area contributed by atoms with E-state index in [4.69, 9.17) is 0 Å². The second-order valence-corrected chi connectivity index (χ2v) is 3.38. The van der Waals surface area contributed by atoms with Gasteiger partial charge in [0.1, 0.15) is 5.82 Å². The maximum Gasteiger partial charge on any atom is 0.126 e. The van der Waals surface area contributed by atoms with Gasteiger partial charge in [-0.2, -0.15) is 0 Å². The van der Waals surface area contributed by atoms with Gasteiger partial charge in [-0.25, -0.2) is 4.98 Å². The van der Waals surface area contributed by atoms with Crippen molar-refractivity contribution in [3.8, 4) is 0 Å². The van der Waals surface area contributed by atoms with Crippen molar-refractivity contribution < 1.29 is 0 Å². The van der Waals surface area contributed by atoms with Crippen LogP contribution < -0.4 is 5.32 Å². The number of rotatable bonds is 3. The van der Waals surface area contributed by atoms with Gasteiger partial charge in [-0.1, -0.05) is 18.7 Å². The highest BCUT2D eigenvalue weighted by Crippen LogP contribution is 2.17. The molecule has 0 aliphatic heterocycles. The van der Waals surface area contributed by atoms with Gasteiger partial charge in [-0.15, -0.1) is 0 Å². The van der Waals surface area contributed by atoms with Gasteiger partial charge in [-0.05, 0) is 36.8 Å². The molecule has 15 heavy (non-hydrogen) atoms. The van der Waals surface area contributed by atoms with Crippen LogP contribution in [0.1, 0.15) is 12.5 Å². The van der Waals surface area contributed by atoms with Gasteiger partial charge in [0.15, 0.2) is 0 Å². The van der Waals surface area contributed by atoms with E-state index in [1.54, 1.807) is 0 Å². The van der Waals surface area contributed by atoms with E-state index < -0.39 is 0 Å². The third-order valence-electron chi connectivity index (χ3n) is 2.31. The summed E-state index contributed by atoms with van der Waals surface area (Å²) in [7, 11) is 0. The van der Waals surface area contributed by atoms with Gasteiger partial charge in [-0.3, -0.25) is 0 Å². The summed E-state index contributed by atoms with van der Waals surface area (Å²) in [6.07, 6.45) is 1.84. The van der Waals surface area contributed by atoms with Crippen molar-refractivity contribution >= 4 is 22.8 Å². The third kappa shape index (κ3) is 1.99. The Kier molecular flexibility index (Phi) is 2.68. The third-order valence-corrected chi connectivity index (χ3v) is 2.31. The Hall–Kier alpha value is -1.83. The minimum Gasteiger partial charge on any atom is -0.370 e. The number of hydrogen-bond donors (Lipinski definition) is 1. The Morgan fingerprint density at radius 3 is 2.93 bits per heavy atom. The van der Waals surface area contributed by atoms with Crippen LogP contribution >= 0.6 is 0 Å². The molecule has 0 spiro atoms. The molecule has 1 heterocycles. The molecule has 1 aromatic heterocycles. The Morgan fingerprint density at radius 2 is 2.20 bits per heavy atom. The van der Waals surface area contributed by atoms with E-state index in [0.29, 0.717) is 0 Å². The molecule has 0 saturated heterocycles. The predicted octanol–water partition coefficient (Wildman–Crippen LogP) is 3.31. The Balaban J connectivity index is 2.49. The number of hydrogen-bond acceptors (Lipinski definition) is 2. The van der Waals surface area contributed by atoms with Crippen LogP contribution in [-0.4, -0.2) is 11.5 Å². The monoisotopic (exact) mass is 198 g/mol. The maximum absolute atomic E-state index is 4.49. The molecule has 0 unspecified atom stereocenters. The summed E-state index contributed by atoms with van der Waals surface area (Å²) in [5.74, 6) is 0.927. The highest BCUT2D eigenvalue weighted by molar-refractivity contribution is 5.82. The highest BCUT2D eigenvalue weighted by atomic mass is 15.0. The number of nitrogens with one attached hydrogen (secondary N) is 1. The quantitative estimate of drug-likeness (QED) is 0.818. The molecule has 2 rings (SSSR count). The lowest BCUT2D eigenvalue weighted by Crippen LogP contribution is -1.98. The van der Waals surface area contributed by atoms with Crippen molar-refractivity contribution in [1.29, 1.82) is 0 Å². The van der Waals surface area contributed by atoms with E-state index in [9.17, 15) is 0 Å². The summed E-state index contributed by atoms with van der Waals surface area (Å²) in [5, 5.41) is 4.34. The topological polar surface area (TPSA) is 24.9 Å². The molecule has 0 bridgehead atoms. The van der Waals surface area contributed by atoms with Crippen LogP contribution in [0.4, 0.5) is 5.82 Å². The van der Waals surface area contributed by atoms with E-state index in [2.05, 4.69) is 35.9 Å². The predicted molar refractivity (Wildman–Crippen MR) is 66.0 cm³/mol. The van der Waals surface area contributed by atoms with Gasteiger partial charge in [0.05, 0.1) is 5.52 Å². The molecular formula is C13H14N2. The maximum atomic E-state index is 4.49. The fourth-order valence-electron chi connectivity index (χ4n) is 1.55. The Labute approximate surface area is 89.7 Å². The standard InChI is InChI=1S/C13H14N2/c1-3-10-5-7-12-11(9-10)6-8-13(15-12)14-4-2/h3,5-9H,1,4H2,2H3,(H,14,15). The van der Waals surface area contributed by atoms with Crippen LogP contribution in [0.2, 0.25) is 0 Å². The van der Waals surface area contributed by atoms with Crippen molar-refractivity contribution in [2.24, 2.45) is 0 Å². The summed E-state index contributed by atoms with van der Waals surface area (Å²) in [6, 6.07) is 10.2. The summed E-state index contributed by atoms with van der Waals surface area (Å²) in [6.45, 7) is 6.71. The number of benzene rings is 1. The number of fused-ring (bicyclic) bond motifs is 1. The van der Waals surface area contributed by atoms with E-state index >= 15 is 0 Å². The lowest BCUT2D eigenvalue weighted by Gasteiger charge is -2.04. The molecule has 2 nitrogen and oxygen atoms in total. The van der Waals surface area contributed by atoms with Gasteiger partial charge in [0.25, 0.3) is 0 Å². The molecule has 0 atom stereocenters. The Morgan fingerprint density at radius 1 is 1.33 bits per heavy atom. The molecule has 1 aromatic carbocycles. The highest BCUT2D eigenvalue weighted by Gasteiger charge is 1.97. The van der Waals surface area contributed by atoms with Gasteiger partial charge in [0, 0.05) is 11.9 Å². The van der Waals surface area contributed by atoms with E-state index in [-0.39, 0.29) is 0 Å². The average Bonchev–Trinajstić information content (AvgIpc) is 2.29. The van der Waals surface area contributed by atoms with Crippen LogP contribution in [0, 0.1) is 0 Å². The van der Waals surface area contributed by atoms with Gasteiger partial charge < -0.3 is 5.32 Å². The van der Waals surface area contributed by atoms with Crippen molar-refractivity contribution in [2.75, 3.05) is 11.9 Å². The first-order valence-electron chi connectivity index (χ1n) is 5.10. The molecule has 0 fully saturated rings. The minimum absolute atomic E-state index is 0.892.